The summed E-state index contributed by atoms with van der Waals surface area (Å²) in [4.78, 5) is 191. The molecule has 2 heterocycles. The first-order chi connectivity index (χ1) is 50.5. The summed E-state index contributed by atoms with van der Waals surface area (Å²) < 4.78 is 41.8. The number of carbonyl (C=O) groups excluding carboxylic acids is 12. The maximum atomic E-state index is 15.7. The summed E-state index contributed by atoms with van der Waals surface area (Å²) in [5.41, 5.74) is 1.10. The van der Waals surface area contributed by atoms with Crippen molar-refractivity contribution in [1.29, 1.82) is 0 Å². The number of piperidine rings is 1. The van der Waals surface area contributed by atoms with Gasteiger partial charge in [0.2, 0.25) is 70.9 Å². The highest BCUT2D eigenvalue weighted by atomic mass is 19.4. The molecule has 13 atom stereocenters. The minimum absolute atomic E-state index is 0.00512. The first-order valence-electron chi connectivity index (χ1n) is 38.4. The van der Waals surface area contributed by atoms with Gasteiger partial charge in [0.25, 0.3) is 0 Å². The lowest BCUT2D eigenvalue weighted by molar-refractivity contribution is -0.205. The summed E-state index contributed by atoms with van der Waals surface area (Å²) >= 11 is 0. The lowest BCUT2D eigenvalue weighted by Crippen LogP contribution is -2.63. The number of likely N-dealkylation sites (tertiary alicyclic amines) is 1. The van der Waals surface area contributed by atoms with Gasteiger partial charge in [-0.1, -0.05) is 136 Å². The predicted molar refractivity (Wildman–Crippen MR) is 404 cm³/mol. The van der Waals surface area contributed by atoms with Crippen molar-refractivity contribution >= 4 is 70.9 Å². The summed E-state index contributed by atoms with van der Waals surface area (Å²) in [6.07, 6.45) is -9.85. The second kappa shape index (κ2) is 43.3. The van der Waals surface area contributed by atoms with Crippen LogP contribution in [0, 0.1) is 29.6 Å². The van der Waals surface area contributed by atoms with E-state index in [2.05, 4.69) is 21.3 Å². The molecule has 606 valence electrons. The molecule has 0 saturated carbocycles. The first-order valence-corrected chi connectivity index (χ1v) is 38.4. The number of aliphatic hydroxyl groups is 2. The molecule has 2 aromatic rings. The zero-order chi connectivity index (χ0) is 81.4. The molecule has 0 aromatic heterocycles. The van der Waals surface area contributed by atoms with Crippen molar-refractivity contribution < 1.29 is 80.9 Å². The van der Waals surface area contributed by atoms with Gasteiger partial charge >= 0.3 is 6.18 Å². The number of hydrogen-bond acceptors (Lipinski definition) is 14. The van der Waals surface area contributed by atoms with E-state index in [0.717, 1.165) is 21.1 Å². The predicted octanol–water partition coefficient (Wildman–Crippen LogP) is 5.73. The molecular formula is C79H125F3N12O14. The maximum Gasteiger partial charge on any atom is 0.414 e. The summed E-state index contributed by atoms with van der Waals surface area (Å²) in [6.45, 7) is 19.9. The number of nitrogens with zero attached hydrogens (tertiary/aromatic N) is 8. The molecular weight excluding hydrogens is 1400 g/mol. The first kappa shape index (κ1) is 92.2. The highest BCUT2D eigenvalue weighted by Crippen LogP contribution is 2.28. The molecule has 6 N–H and O–H groups in total. The van der Waals surface area contributed by atoms with E-state index in [-0.39, 0.29) is 75.7 Å². The molecule has 2 saturated heterocycles. The van der Waals surface area contributed by atoms with Gasteiger partial charge in [0.1, 0.15) is 66.5 Å². The van der Waals surface area contributed by atoms with Crippen molar-refractivity contribution in [2.45, 2.75) is 258 Å². The summed E-state index contributed by atoms with van der Waals surface area (Å²) in [5, 5.41) is 32.8. The van der Waals surface area contributed by atoms with E-state index in [1.54, 1.807) is 100 Å². The summed E-state index contributed by atoms with van der Waals surface area (Å²) in [5.74, 6) is -10.8. The number of rotatable bonds is 20. The van der Waals surface area contributed by atoms with Crippen molar-refractivity contribution in [3.8, 4) is 0 Å². The smallest absolute Gasteiger partial charge is 0.391 e. The van der Waals surface area contributed by atoms with Gasteiger partial charge in [-0.3, -0.25) is 57.5 Å². The highest BCUT2D eigenvalue weighted by Gasteiger charge is 2.45. The van der Waals surface area contributed by atoms with Crippen molar-refractivity contribution in [3.05, 3.63) is 71.8 Å². The molecule has 26 nitrogen and oxygen atoms in total. The normalized spacial score (nSPS) is 25.1. The summed E-state index contributed by atoms with van der Waals surface area (Å²) in [7, 11) is 9.60. The Morgan fingerprint density at radius 3 is 1.36 bits per heavy atom. The Morgan fingerprint density at radius 2 is 0.880 bits per heavy atom. The molecule has 12 amide bonds. The van der Waals surface area contributed by atoms with Gasteiger partial charge < -0.3 is 70.7 Å². The van der Waals surface area contributed by atoms with E-state index < -0.39 is 187 Å². The van der Waals surface area contributed by atoms with Crippen LogP contribution in [0.25, 0.3) is 0 Å². The number of halogens is 3. The van der Waals surface area contributed by atoms with Crippen molar-refractivity contribution in [2.75, 3.05) is 69.0 Å². The Kier molecular flexibility index (Phi) is 36.9. The standard InChI is InChI=1S/C79H125F3N12O14/c1-19-52(10)67-77(107)93(18)63(46-55-33-25-21-26-34-55)76(106)91(16)61(45-54-31-23-20-24-32-54)70(100)83-56(35-29-36-64(96)79(80,81)82)73(103)89(14)60(43-50(6)7)72(102)86-68(53(11)95)78(108)92(17)62(44-51(8)9)75(105)90(15)59(42-49(4)5)69(99)84-57(74(104)94-39-27-22-28-40-94)47-66(98)87(12)38-30-37-65(97)88(13)58(41-48(2)3)71(101)85-67/h20-21,23-26,31-34,48-53,56-64,67-68,95-96H,19,22,27-30,35-47H2,1-18H3,(H,83,100)(H,84,99)(H,85,101)(H,86,102)/t52-,53+,56-,57-,58-,59-,60-,61-,62-,63-,64?,67-,68-/m0/s1. The van der Waals surface area contributed by atoms with Crippen molar-refractivity contribution in [3.63, 3.8) is 0 Å². The van der Waals surface area contributed by atoms with E-state index in [1.165, 1.54) is 75.9 Å². The second-order valence-electron chi connectivity index (χ2n) is 31.5. The molecule has 0 bridgehead atoms. The third-order valence-electron chi connectivity index (χ3n) is 20.8. The van der Waals surface area contributed by atoms with Gasteiger partial charge in [-0.25, -0.2) is 0 Å². The lowest BCUT2D eigenvalue weighted by atomic mass is 9.94. The lowest BCUT2D eigenvalue weighted by Gasteiger charge is -2.38. The molecule has 0 spiro atoms. The molecule has 4 rings (SSSR count). The fourth-order valence-corrected chi connectivity index (χ4v) is 13.8. The number of likely N-dealkylation sites (N-methyl/N-ethyl adjacent to an activating group) is 6. The molecule has 2 aromatic carbocycles. The fraction of sp³-hybridized carbons (Fsp3) is 0.696. The zero-order valence-corrected chi connectivity index (χ0v) is 67.0. The van der Waals surface area contributed by atoms with Crippen LogP contribution in [0.2, 0.25) is 0 Å². The SMILES string of the molecule is CC[C@H](C)[C@@H]1NC(=O)[C@H](CC(C)C)N(C)C(=O)CCCN(C)C(=O)C[C@@H](C(=O)N2CCCCC2)NC(=O)[C@H](CC(C)C)N(C)C(=O)[C@H](CC(C)C)N(C)C(=O)[C@H]([C@@H](C)O)NC(=O)[C@H](CC(C)C)N(C)C(=O)[C@H](CCCC(O)C(F)(F)F)NC(=O)[C@H](Cc2ccccc2)N(C)C(=O)[C@H](Cc2ccccc2)N(C)C1=O. The van der Waals surface area contributed by atoms with Gasteiger partial charge in [-0.05, 0) is 118 Å². The van der Waals surface area contributed by atoms with E-state index in [4.69, 9.17) is 0 Å². The van der Waals surface area contributed by atoms with Crippen LogP contribution in [0.15, 0.2) is 60.7 Å². The van der Waals surface area contributed by atoms with Gasteiger partial charge in [0.15, 0.2) is 0 Å². The average Bonchev–Trinajstić information content (AvgIpc) is 0.811. The third-order valence-corrected chi connectivity index (χ3v) is 20.8. The van der Waals surface area contributed by atoms with E-state index in [1.807, 2.05) is 34.6 Å². The number of nitrogens with one attached hydrogen (secondary N) is 4. The van der Waals surface area contributed by atoms with Crippen molar-refractivity contribution in [2.24, 2.45) is 29.6 Å². The number of hydrogen-bond donors (Lipinski definition) is 6. The van der Waals surface area contributed by atoms with Gasteiger partial charge in [0, 0.05) is 88.2 Å². The Hall–Kier alpha value is -8.21. The van der Waals surface area contributed by atoms with E-state index >= 15 is 33.6 Å². The Balaban J connectivity index is 2.01. The van der Waals surface area contributed by atoms with E-state index in [0.29, 0.717) is 43.5 Å². The fourth-order valence-electron chi connectivity index (χ4n) is 13.8. The molecule has 0 radical (unpaired) electrons. The molecule has 0 aliphatic carbocycles. The minimum Gasteiger partial charge on any atom is -0.391 e. The molecule has 2 fully saturated rings. The molecule has 108 heavy (non-hydrogen) atoms. The zero-order valence-electron chi connectivity index (χ0n) is 67.0. The number of benzene rings is 2. The van der Waals surface area contributed by atoms with Crippen LogP contribution in [0.1, 0.15) is 177 Å². The van der Waals surface area contributed by atoms with Crippen LogP contribution in [0.4, 0.5) is 13.2 Å². The van der Waals surface area contributed by atoms with Crippen LogP contribution >= 0.6 is 0 Å². The summed E-state index contributed by atoms with van der Waals surface area (Å²) in [6, 6.07) is 2.59. The van der Waals surface area contributed by atoms with Crippen LogP contribution in [0.5, 0.6) is 0 Å². The average molecular weight is 1520 g/mol. The van der Waals surface area contributed by atoms with Gasteiger partial charge in [0.05, 0.1) is 12.5 Å². The van der Waals surface area contributed by atoms with Gasteiger partial charge in [-0.15, -0.1) is 0 Å². The second-order valence-corrected chi connectivity index (χ2v) is 31.5. The van der Waals surface area contributed by atoms with Crippen LogP contribution in [-0.2, 0) is 70.4 Å². The number of carbonyl (C=O) groups is 12. The minimum atomic E-state index is -5.07. The highest BCUT2D eigenvalue weighted by molar-refractivity contribution is 6.00. The van der Waals surface area contributed by atoms with Crippen LogP contribution in [-0.4, -0.2) is 268 Å². The number of alkyl halides is 3. The number of amides is 12. The third kappa shape index (κ3) is 27.1. The topological polar surface area (TPSA) is 319 Å². The quantitative estimate of drug-likeness (QED) is 0.0922. The molecule has 1 unspecified atom stereocenters. The molecule has 29 heteroatoms. The van der Waals surface area contributed by atoms with Crippen molar-refractivity contribution in [1.82, 2.24) is 60.5 Å². The molecule has 2 aliphatic heterocycles. The van der Waals surface area contributed by atoms with Gasteiger partial charge in [-0.2, -0.15) is 13.2 Å². The number of aliphatic hydroxyl groups excluding tert-OH is 2. The largest absolute Gasteiger partial charge is 0.414 e. The monoisotopic (exact) mass is 1520 g/mol. The Labute approximate surface area is 637 Å². The molecule has 2 aliphatic rings. The van der Waals surface area contributed by atoms with Crippen LogP contribution in [0.3, 0.4) is 0 Å². The Bertz CT molecular complexity index is 3300. The maximum absolute atomic E-state index is 15.7. The van der Waals surface area contributed by atoms with E-state index in [9.17, 15) is 47.4 Å². The Morgan fingerprint density at radius 1 is 0.472 bits per heavy atom. The van der Waals surface area contributed by atoms with Crippen LogP contribution < -0.4 is 21.3 Å².